The molecule has 1 aromatic heterocycles. The third-order valence-electron chi connectivity index (χ3n) is 4.13. The van der Waals surface area contributed by atoms with Crippen molar-refractivity contribution in [3.05, 3.63) is 63.6 Å². The highest BCUT2D eigenvalue weighted by molar-refractivity contribution is 5.31. The number of benzene rings is 1. The molecule has 2 N–H and O–H groups in total. The molecule has 0 spiro atoms. The molecule has 0 fully saturated rings. The van der Waals surface area contributed by atoms with Crippen molar-refractivity contribution in [2.24, 2.45) is 5.73 Å². The third kappa shape index (κ3) is 2.72. The summed E-state index contributed by atoms with van der Waals surface area (Å²) in [6, 6.07) is 11.4. The second kappa shape index (κ2) is 5.74. The second-order valence-corrected chi connectivity index (χ2v) is 5.51. The van der Waals surface area contributed by atoms with E-state index in [4.69, 9.17) is 10.5 Å². The van der Waals surface area contributed by atoms with Crippen LogP contribution < -0.4 is 16.0 Å². The summed E-state index contributed by atoms with van der Waals surface area (Å²) in [4.78, 5) is 12.2. The van der Waals surface area contributed by atoms with Gasteiger partial charge in [0.15, 0.2) is 0 Å². The SMILES string of the molecule is COc1cccc(Cn2c3c(ccc2=O)C(N)CCC3)c1. The molecular formula is C17H20N2O2. The number of pyridine rings is 1. The van der Waals surface area contributed by atoms with Gasteiger partial charge in [-0.05, 0) is 42.5 Å². The molecule has 0 saturated carbocycles. The van der Waals surface area contributed by atoms with E-state index in [1.807, 2.05) is 34.9 Å². The summed E-state index contributed by atoms with van der Waals surface area (Å²) >= 11 is 0. The maximum atomic E-state index is 12.2. The second-order valence-electron chi connectivity index (χ2n) is 5.51. The molecule has 0 bridgehead atoms. The molecule has 0 amide bonds. The monoisotopic (exact) mass is 284 g/mol. The predicted octanol–water partition coefficient (Wildman–Crippen LogP) is 2.24. The Labute approximate surface area is 124 Å². The van der Waals surface area contributed by atoms with E-state index >= 15 is 0 Å². The van der Waals surface area contributed by atoms with Crippen LogP contribution in [0.1, 0.15) is 35.7 Å². The molecule has 1 unspecified atom stereocenters. The highest BCUT2D eigenvalue weighted by Gasteiger charge is 2.20. The highest BCUT2D eigenvalue weighted by atomic mass is 16.5. The topological polar surface area (TPSA) is 57.2 Å². The van der Waals surface area contributed by atoms with Gasteiger partial charge in [-0.2, -0.15) is 0 Å². The van der Waals surface area contributed by atoms with Gasteiger partial charge in [0, 0.05) is 17.8 Å². The largest absolute Gasteiger partial charge is 0.497 e. The first-order valence-electron chi connectivity index (χ1n) is 7.30. The van der Waals surface area contributed by atoms with Gasteiger partial charge in [0.05, 0.1) is 13.7 Å². The normalized spacial score (nSPS) is 17.3. The van der Waals surface area contributed by atoms with E-state index in [-0.39, 0.29) is 11.6 Å². The van der Waals surface area contributed by atoms with Crippen molar-refractivity contribution in [1.29, 1.82) is 0 Å². The van der Waals surface area contributed by atoms with Crippen LogP contribution in [-0.4, -0.2) is 11.7 Å². The third-order valence-corrected chi connectivity index (χ3v) is 4.13. The predicted molar refractivity (Wildman–Crippen MR) is 82.7 cm³/mol. The maximum absolute atomic E-state index is 12.2. The lowest BCUT2D eigenvalue weighted by Crippen LogP contribution is -2.29. The molecule has 1 aliphatic rings. The number of nitrogens with zero attached hydrogens (tertiary/aromatic N) is 1. The van der Waals surface area contributed by atoms with Gasteiger partial charge in [0.2, 0.25) is 0 Å². The lowest BCUT2D eigenvalue weighted by molar-refractivity contribution is 0.414. The Morgan fingerprint density at radius 2 is 2.19 bits per heavy atom. The van der Waals surface area contributed by atoms with Crippen LogP contribution in [0.4, 0.5) is 0 Å². The van der Waals surface area contributed by atoms with Gasteiger partial charge in [0.25, 0.3) is 5.56 Å². The fourth-order valence-electron chi connectivity index (χ4n) is 3.02. The van der Waals surface area contributed by atoms with E-state index in [2.05, 4.69) is 0 Å². The molecule has 1 aromatic carbocycles. The van der Waals surface area contributed by atoms with E-state index in [0.29, 0.717) is 6.54 Å². The summed E-state index contributed by atoms with van der Waals surface area (Å²) in [7, 11) is 1.65. The van der Waals surface area contributed by atoms with Crippen molar-refractivity contribution in [2.75, 3.05) is 7.11 Å². The number of fused-ring (bicyclic) bond motifs is 1. The van der Waals surface area contributed by atoms with E-state index in [0.717, 1.165) is 41.8 Å². The first-order valence-corrected chi connectivity index (χ1v) is 7.30. The molecule has 110 valence electrons. The standard InChI is InChI=1S/C17H20N2O2/c1-21-13-5-2-4-12(10-13)11-19-16-7-3-6-15(18)14(16)8-9-17(19)20/h2,4-5,8-10,15H,3,6-7,11,18H2,1H3. The molecule has 4 nitrogen and oxygen atoms in total. The summed E-state index contributed by atoms with van der Waals surface area (Å²) in [5.74, 6) is 0.807. The molecular weight excluding hydrogens is 264 g/mol. The Balaban J connectivity index is 2.02. The van der Waals surface area contributed by atoms with Crippen molar-refractivity contribution in [2.45, 2.75) is 31.8 Å². The van der Waals surface area contributed by atoms with Crippen LogP contribution in [0.5, 0.6) is 5.75 Å². The van der Waals surface area contributed by atoms with Crippen molar-refractivity contribution < 1.29 is 4.74 Å². The van der Waals surface area contributed by atoms with Crippen molar-refractivity contribution >= 4 is 0 Å². The van der Waals surface area contributed by atoms with Gasteiger partial charge in [0.1, 0.15) is 5.75 Å². The minimum absolute atomic E-state index is 0.0330. The fraction of sp³-hybridized carbons (Fsp3) is 0.353. The molecule has 0 saturated heterocycles. The number of hydrogen-bond donors (Lipinski definition) is 1. The lowest BCUT2D eigenvalue weighted by atomic mass is 9.91. The zero-order valence-electron chi connectivity index (χ0n) is 12.2. The van der Waals surface area contributed by atoms with Gasteiger partial charge in [-0.1, -0.05) is 18.2 Å². The molecule has 21 heavy (non-hydrogen) atoms. The van der Waals surface area contributed by atoms with Crippen LogP contribution in [0.15, 0.2) is 41.2 Å². The summed E-state index contributed by atoms with van der Waals surface area (Å²) in [5, 5.41) is 0. The van der Waals surface area contributed by atoms with E-state index < -0.39 is 0 Å². The average Bonchev–Trinajstić information content (AvgIpc) is 2.51. The van der Waals surface area contributed by atoms with E-state index in [1.54, 1.807) is 13.2 Å². The van der Waals surface area contributed by atoms with Crippen LogP contribution in [-0.2, 0) is 13.0 Å². The molecule has 0 aliphatic heterocycles. The van der Waals surface area contributed by atoms with Gasteiger partial charge >= 0.3 is 0 Å². The molecule has 2 aromatic rings. The summed E-state index contributed by atoms with van der Waals surface area (Å²) < 4.78 is 7.10. The number of hydrogen-bond acceptors (Lipinski definition) is 3. The molecule has 4 heteroatoms. The first kappa shape index (κ1) is 13.9. The fourth-order valence-corrected chi connectivity index (χ4v) is 3.02. The van der Waals surface area contributed by atoms with Gasteiger partial charge < -0.3 is 15.0 Å². The Morgan fingerprint density at radius 3 is 3.00 bits per heavy atom. The van der Waals surface area contributed by atoms with Crippen LogP contribution in [0.2, 0.25) is 0 Å². The Hall–Kier alpha value is -2.07. The number of ether oxygens (including phenoxy) is 1. The summed E-state index contributed by atoms with van der Waals surface area (Å²) in [5.41, 5.74) is 9.46. The molecule has 1 aliphatic carbocycles. The highest BCUT2D eigenvalue weighted by Crippen LogP contribution is 2.27. The molecule has 0 radical (unpaired) electrons. The van der Waals surface area contributed by atoms with Gasteiger partial charge in [-0.15, -0.1) is 0 Å². The molecule has 1 atom stereocenters. The zero-order chi connectivity index (χ0) is 14.8. The van der Waals surface area contributed by atoms with E-state index in [1.165, 1.54) is 0 Å². The Morgan fingerprint density at radius 1 is 1.33 bits per heavy atom. The number of nitrogens with two attached hydrogens (primary N) is 1. The molecule has 1 heterocycles. The maximum Gasteiger partial charge on any atom is 0.251 e. The van der Waals surface area contributed by atoms with Crippen LogP contribution in [0.25, 0.3) is 0 Å². The quantitative estimate of drug-likeness (QED) is 0.940. The summed E-state index contributed by atoms with van der Waals surface area (Å²) in [6.45, 7) is 0.561. The number of aromatic nitrogens is 1. The number of rotatable bonds is 3. The van der Waals surface area contributed by atoms with E-state index in [9.17, 15) is 4.79 Å². The van der Waals surface area contributed by atoms with Gasteiger partial charge in [-0.25, -0.2) is 0 Å². The average molecular weight is 284 g/mol. The summed E-state index contributed by atoms with van der Waals surface area (Å²) in [6.07, 6.45) is 2.95. The van der Waals surface area contributed by atoms with Gasteiger partial charge in [-0.3, -0.25) is 4.79 Å². The minimum Gasteiger partial charge on any atom is -0.497 e. The van der Waals surface area contributed by atoms with Crippen LogP contribution in [0, 0.1) is 0 Å². The van der Waals surface area contributed by atoms with Crippen LogP contribution in [0.3, 0.4) is 0 Å². The lowest BCUT2D eigenvalue weighted by Gasteiger charge is -2.25. The molecule has 3 rings (SSSR count). The zero-order valence-corrected chi connectivity index (χ0v) is 12.2. The van der Waals surface area contributed by atoms with Crippen molar-refractivity contribution in [3.63, 3.8) is 0 Å². The number of methoxy groups -OCH3 is 1. The first-order chi connectivity index (χ1) is 10.2. The van der Waals surface area contributed by atoms with Crippen molar-refractivity contribution in [1.82, 2.24) is 4.57 Å². The smallest absolute Gasteiger partial charge is 0.251 e. The van der Waals surface area contributed by atoms with Crippen LogP contribution >= 0.6 is 0 Å². The minimum atomic E-state index is 0.0330. The Bertz CT molecular complexity index is 706. The Kier molecular flexibility index (Phi) is 3.80. The van der Waals surface area contributed by atoms with Crippen molar-refractivity contribution in [3.8, 4) is 5.75 Å².